The van der Waals surface area contributed by atoms with Crippen molar-refractivity contribution in [1.29, 1.82) is 5.26 Å². The van der Waals surface area contributed by atoms with Crippen LogP contribution < -0.4 is 5.32 Å². The number of carbonyl (C=O) groups is 2. The molecule has 0 aliphatic heterocycles. The van der Waals surface area contributed by atoms with E-state index in [1.807, 2.05) is 6.07 Å². The highest BCUT2D eigenvalue weighted by Crippen LogP contribution is 2.32. The third-order valence-corrected chi connectivity index (χ3v) is 4.85. The Labute approximate surface area is 174 Å². The standard InChI is InChI=1S/C17H16ClN3O2.C2HF3O2/c18-12-3-6-15-14(7-12)16(11(8-19)9-20-15)21-13-4-1-10(2-5-13)17(22)23;3-2(4,5)1(6)7/h3,6-7,9-10,13H,1-2,4-5H2,(H,20,21)(H,22,23);(H,6,7). The molecular weight excluding hydrogens is 427 g/mol. The highest BCUT2D eigenvalue weighted by atomic mass is 35.5. The Morgan fingerprint density at radius 2 is 1.80 bits per heavy atom. The van der Waals surface area contributed by atoms with Gasteiger partial charge in [-0.3, -0.25) is 9.78 Å². The second-order valence-electron chi connectivity index (χ2n) is 6.65. The first-order chi connectivity index (χ1) is 14.0. The quantitative estimate of drug-likeness (QED) is 0.640. The van der Waals surface area contributed by atoms with Crippen molar-refractivity contribution < 1.29 is 33.0 Å². The Morgan fingerprint density at radius 1 is 1.20 bits per heavy atom. The molecule has 30 heavy (non-hydrogen) atoms. The highest BCUT2D eigenvalue weighted by molar-refractivity contribution is 6.31. The third kappa shape index (κ3) is 5.97. The number of nitrogens with zero attached hydrogens (tertiary/aromatic N) is 2. The van der Waals surface area contributed by atoms with Crippen LogP contribution in [-0.2, 0) is 9.59 Å². The van der Waals surface area contributed by atoms with Crippen LogP contribution in [0.2, 0.25) is 5.02 Å². The lowest BCUT2D eigenvalue weighted by Gasteiger charge is -2.28. The summed E-state index contributed by atoms with van der Waals surface area (Å²) >= 11 is 6.08. The van der Waals surface area contributed by atoms with Crippen LogP contribution in [0.15, 0.2) is 24.4 Å². The number of pyridine rings is 1. The first kappa shape index (κ1) is 23.2. The van der Waals surface area contributed by atoms with Gasteiger partial charge in [-0.15, -0.1) is 0 Å². The second-order valence-corrected chi connectivity index (χ2v) is 7.09. The van der Waals surface area contributed by atoms with Gasteiger partial charge in [0.25, 0.3) is 0 Å². The second kappa shape index (κ2) is 9.63. The maximum absolute atomic E-state index is 11.0. The van der Waals surface area contributed by atoms with Crippen molar-refractivity contribution in [1.82, 2.24) is 4.98 Å². The van der Waals surface area contributed by atoms with E-state index >= 15 is 0 Å². The maximum Gasteiger partial charge on any atom is 0.490 e. The number of aliphatic carboxylic acids is 2. The number of aromatic nitrogens is 1. The molecule has 1 aliphatic carbocycles. The molecule has 0 unspecified atom stereocenters. The molecule has 1 heterocycles. The van der Waals surface area contributed by atoms with E-state index in [0.29, 0.717) is 23.4 Å². The molecule has 3 rings (SSSR count). The number of hydrogen-bond donors (Lipinski definition) is 3. The van der Waals surface area contributed by atoms with Crippen LogP contribution in [0.4, 0.5) is 18.9 Å². The minimum atomic E-state index is -5.08. The van der Waals surface area contributed by atoms with Gasteiger partial charge in [-0.25, -0.2) is 4.79 Å². The summed E-state index contributed by atoms with van der Waals surface area (Å²) in [7, 11) is 0. The van der Waals surface area contributed by atoms with Gasteiger partial charge in [0.2, 0.25) is 0 Å². The number of alkyl halides is 3. The average Bonchev–Trinajstić information content (AvgIpc) is 2.68. The zero-order valence-corrected chi connectivity index (χ0v) is 16.2. The van der Waals surface area contributed by atoms with E-state index in [4.69, 9.17) is 26.6 Å². The molecule has 2 aromatic rings. The summed E-state index contributed by atoms with van der Waals surface area (Å²) in [5.41, 5.74) is 1.98. The normalized spacial score (nSPS) is 18.6. The van der Waals surface area contributed by atoms with Crippen LogP contribution in [0.1, 0.15) is 31.2 Å². The minimum Gasteiger partial charge on any atom is -0.481 e. The number of anilines is 1. The number of halogens is 4. The largest absolute Gasteiger partial charge is 0.490 e. The molecule has 0 bridgehead atoms. The summed E-state index contributed by atoms with van der Waals surface area (Å²) in [6.07, 6.45) is -0.683. The maximum atomic E-state index is 11.0. The number of benzene rings is 1. The third-order valence-electron chi connectivity index (χ3n) is 4.62. The molecule has 1 fully saturated rings. The van der Waals surface area contributed by atoms with Gasteiger partial charge in [-0.1, -0.05) is 11.6 Å². The molecule has 3 N–H and O–H groups in total. The van der Waals surface area contributed by atoms with E-state index in [1.165, 1.54) is 0 Å². The lowest BCUT2D eigenvalue weighted by Crippen LogP contribution is -2.29. The molecule has 0 atom stereocenters. The van der Waals surface area contributed by atoms with E-state index in [9.17, 15) is 23.2 Å². The first-order valence-electron chi connectivity index (χ1n) is 8.80. The summed E-state index contributed by atoms with van der Waals surface area (Å²) in [6, 6.07) is 7.71. The van der Waals surface area contributed by atoms with Crippen molar-refractivity contribution in [3.05, 3.63) is 35.0 Å². The zero-order chi connectivity index (χ0) is 22.5. The van der Waals surface area contributed by atoms with E-state index in [1.54, 1.807) is 18.3 Å². The van der Waals surface area contributed by atoms with E-state index in [-0.39, 0.29) is 12.0 Å². The Morgan fingerprint density at radius 3 is 2.30 bits per heavy atom. The van der Waals surface area contributed by atoms with Crippen molar-refractivity contribution in [2.24, 2.45) is 5.92 Å². The summed E-state index contributed by atoms with van der Waals surface area (Å²) in [5.74, 6) is -3.73. The van der Waals surface area contributed by atoms with Crippen molar-refractivity contribution >= 4 is 40.1 Å². The van der Waals surface area contributed by atoms with Crippen LogP contribution in [0.3, 0.4) is 0 Å². The lowest BCUT2D eigenvalue weighted by molar-refractivity contribution is -0.192. The fourth-order valence-electron chi connectivity index (χ4n) is 3.09. The Bertz CT molecular complexity index is 983. The SMILES string of the molecule is N#Cc1cnc2ccc(Cl)cc2c1NC1CCC(C(=O)O)CC1.O=C(O)C(F)(F)F. The Hall–Kier alpha value is -3.06. The predicted octanol–water partition coefficient (Wildman–Crippen LogP) is 4.45. The molecule has 0 amide bonds. The number of hydrogen-bond acceptors (Lipinski definition) is 5. The zero-order valence-electron chi connectivity index (χ0n) is 15.4. The Kier molecular flexibility index (Phi) is 7.45. The van der Waals surface area contributed by atoms with Gasteiger partial charge in [0, 0.05) is 22.6 Å². The number of carboxylic acid groups (broad SMARTS) is 2. The summed E-state index contributed by atoms with van der Waals surface area (Å²) in [6.45, 7) is 0. The monoisotopic (exact) mass is 443 g/mol. The lowest BCUT2D eigenvalue weighted by atomic mass is 9.86. The van der Waals surface area contributed by atoms with Crippen molar-refractivity contribution in [2.45, 2.75) is 37.9 Å². The van der Waals surface area contributed by atoms with E-state index in [0.717, 1.165) is 29.4 Å². The summed E-state index contributed by atoms with van der Waals surface area (Å²) in [4.78, 5) is 24.2. The van der Waals surface area contributed by atoms with Crippen molar-refractivity contribution in [3.8, 4) is 6.07 Å². The van der Waals surface area contributed by atoms with Gasteiger partial charge in [0.1, 0.15) is 6.07 Å². The molecular formula is C19H17ClF3N3O4. The van der Waals surface area contributed by atoms with Crippen molar-refractivity contribution in [3.63, 3.8) is 0 Å². The van der Waals surface area contributed by atoms with Gasteiger partial charge in [-0.2, -0.15) is 18.4 Å². The van der Waals surface area contributed by atoms with E-state index in [2.05, 4.69) is 16.4 Å². The summed E-state index contributed by atoms with van der Waals surface area (Å²) < 4.78 is 31.7. The Balaban J connectivity index is 0.000000396. The first-order valence-corrected chi connectivity index (χ1v) is 9.18. The molecule has 1 aromatic heterocycles. The van der Waals surface area contributed by atoms with Crippen LogP contribution in [-0.4, -0.2) is 39.4 Å². The van der Waals surface area contributed by atoms with Crippen LogP contribution in [0.5, 0.6) is 0 Å². The highest BCUT2D eigenvalue weighted by Gasteiger charge is 2.38. The molecule has 0 saturated heterocycles. The fraction of sp³-hybridized carbons (Fsp3) is 0.368. The topological polar surface area (TPSA) is 123 Å². The van der Waals surface area contributed by atoms with Crippen LogP contribution in [0.25, 0.3) is 10.9 Å². The molecule has 0 radical (unpaired) electrons. The van der Waals surface area contributed by atoms with Gasteiger partial charge < -0.3 is 15.5 Å². The van der Waals surface area contributed by atoms with Gasteiger partial charge >= 0.3 is 18.1 Å². The predicted molar refractivity (Wildman–Crippen MR) is 102 cm³/mol. The smallest absolute Gasteiger partial charge is 0.481 e. The molecule has 160 valence electrons. The fourth-order valence-corrected chi connectivity index (χ4v) is 3.27. The van der Waals surface area contributed by atoms with Gasteiger partial charge in [0.15, 0.2) is 0 Å². The molecule has 1 saturated carbocycles. The summed E-state index contributed by atoms with van der Waals surface area (Å²) in [5, 5.41) is 30.4. The molecule has 1 aromatic carbocycles. The number of nitriles is 1. The van der Waals surface area contributed by atoms with Gasteiger partial charge in [0.05, 0.1) is 22.7 Å². The number of nitrogens with one attached hydrogen (secondary N) is 1. The van der Waals surface area contributed by atoms with Gasteiger partial charge in [-0.05, 0) is 43.9 Å². The molecule has 11 heteroatoms. The van der Waals surface area contributed by atoms with Crippen LogP contribution in [0, 0.1) is 17.2 Å². The molecule has 7 nitrogen and oxygen atoms in total. The average molecular weight is 444 g/mol. The number of carboxylic acids is 2. The molecule has 1 aliphatic rings. The number of rotatable bonds is 3. The van der Waals surface area contributed by atoms with Crippen molar-refractivity contribution in [2.75, 3.05) is 5.32 Å². The van der Waals surface area contributed by atoms with Crippen LogP contribution >= 0.6 is 11.6 Å². The van der Waals surface area contributed by atoms with E-state index < -0.39 is 18.1 Å². The number of fused-ring (bicyclic) bond motifs is 1. The molecule has 0 spiro atoms. The minimum absolute atomic E-state index is 0.155.